The van der Waals surface area contributed by atoms with E-state index in [0.29, 0.717) is 19.5 Å². The average Bonchev–Trinajstić information content (AvgIpc) is 3.00. The molecule has 0 unspecified atom stereocenters. The van der Waals surface area contributed by atoms with Crippen LogP contribution in [0.1, 0.15) is 48.8 Å². The second-order valence-corrected chi connectivity index (χ2v) is 6.46. The van der Waals surface area contributed by atoms with E-state index in [4.69, 9.17) is 0 Å². The molecule has 0 radical (unpaired) electrons. The second-order valence-electron chi connectivity index (χ2n) is 6.46. The molecule has 2 amide bonds. The van der Waals surface area contributed by atoms with Crippen LogP contribution in [0.25, 0.3) is 0 Å². The van der Waals surface area contributed by atoms with Crippen molar-refractivity contribution in [3.8, 4) is 0 Å². The molecule has 0 saturated carbocycles. The molecule has 132 valence electrons. The molecule has 2 N–H and O–H groups in total. The monoisotopic (exact) mass is 351 g/mol. The van der Waals surface area contributed by atoms with Gasteiger partial charge in [0.15, 0.2) is 0 Å². The Morgan fingerprint density at radius 2 is 1.92 bits per heavy atom. The topological polar surface area (TPSA) is 61.4 Å². The van der Waals surface area contributed by atoms with Gasteiger partial charge in [0.2, 0.25) is 11.8 Å². The van der Waals surface area contributed by atoms with Gasteiger partial charge in [-0.15, -0.1) is 12.4 Å². The van der Waals surface area contributed by atoms with Crippen LogP contribution in [-0.2, 0) is 29.2 Å². The fourth-order valence-electron chi connectivity index (χ4n) is 3.27. The lowest BCUT2D eigenvalue weighted by Gasteiger charge is -2.24. The first-order valence-corrected chi connectivity index (χ1v) is 8.58. The molecule has 0 atom stereocenters. The van der Waals surface area contributed by atoms with Gasteiger partial charge >= 0.3 is 0 Å². The zero-order chi connectivity index (χ0) is 16.1. The van der Waals surface area contributed by atoms with Gasteiger partial charge in [0.25, 0.3) is 0 Å². The normalized spacial score (nSPS) is 17.5. The summed E-state index contributed by atoms with van der Waals surface area (Å²) in [4.78, 5) is 25.9. The molecule has 6 heteroatoms. The molecule has 2 aliphatic heterocycles. The van der Waals surface area contributed by atoms with Crippen LogP contribution in [0.5, 0.6) is 0 Å². The Hall–Kier alpha value is -1.59. The second kappa shape index (κ2) is 9.04. The average molecular weight is 352 g/mol. The zero-order valence-corrected chi connectivity index (χ0v) is 14.8. The molecular weight excluding hydrogens is 326 g/mol. The van der Waals surface area contributed by atoms with E-state index in [0.717, 1.165) is 44.3 Å². The number of rotatable bonds is 4. The minimum absolute atomic E-state index is 0. The molecule has 0 aliphatic carbocycles. The predicted molar refractivity (Wildman–Crippen MR) is 95.7 cm³/mol. The van der Waals surface area contributed by atoms with E-state index in [1.54, 1.807) is 4.90 Å². The number of benzene rings is 1. The van der Waals surface area contributed by atoms with E-state index in [9.17, 15) is 9.59 Å². The summed E-state index contributed by atoms with van der Waals surface area (Å²) in [6.07, 6.45) is 4.79. The number of carbonyl (C=O) groups excluding carboxylic acids is 2. The fourth-order valence-corrected chi connectivity index (χ4v) is 3.27. The number of hydrogen-bond donors (Lipinski definition) is 2. The van der Waals surface area contributed by atoms with Gasteiger partial charge in [-0.2, -0.15) is 0 Å². The lowest BCUT2D eigenvalue weighted by Crippen LogP contribution is -2.41. The van der Waals surface area contributed by atoms with Crippen molar-refractivity contribution in [1.29, 1.82) is 0 Å². The van der Waals surface area contributed by atoms with Crippen LogP contribution in [-0.4, -0.2) is 29.8 Å². The number of nitrogens with zero attached hydrogens (tertiary/aromatic N) is 1. The van der Waals surface area contributed by atoms with E-state index >= 15 is 0 Å². The molecule has 5 nitrogen and oxygen atoms in total. The van der Waals surface area contributed by atoms with Crippen LogP contribution in [0.3, 0.4) is 0 Å². The van der Waals surface area contributed by atoms with Crippen molar-refractivity contribution in [3.05, 3.63) is 34.9 Å². The summed E-state index contributed by atoms with van der Waals surface area (Å²) in [7, 11) is 0. The summed E-state index contributed by atoms with van der Waals surface area (Å²) in [6, 6.07) is 6.34. The van der Waals surface area contributed by atoms with Gasteiger partial charge in [-0.05, 0) is 29.5 Å². The van der Waals surface area contributed by atoms with Crippen molar-refractivity contribution in [2.75, 3.05) is 13.1 Å². The van der Waals surface area contributed by atoms with Gasteiger partial charge in [-0.25, -0.2) is 0 Å². The zero-order valence-electron chi connectivity index (χ0n) is 14.0. The molecule has 0 spiro atoms. The van der Waals surface area contributed by atoms with Crippen molar-refractivity contribution in [2.24, 2.45) is 0 Å². The summed E-state index contributed by atoms with van der Waals surface area (Å²) in [5.41, 5.74) is 3.77. The highest BCUT2D eigenvalue weighted by atomic mass is 35.5. The Bertz CT molecular complexity index is 592. The Labute approximate surface area is 149 Å². The number of amides is 2. The number of halogens is 1. The van der Waals surface area contributed by atoms with Crippen LogP contribution in [0.4, 0.5) is 0 Å². The Balaban J connectivity index is 0.00000208. The highest BCUT2D eigenvalue weighted by Gasteiger charge is 2.18. The molecule has 2 aliphatic rings. The van der Waals surface area contributed by atoms with Crippen LogP contribution in [0, 0.1) is 0 Å². The molecule has 1 fully saturated rings. The molecule has 1 aromatic rings. The standard InChI is InChI=1S/C18H25N3O2.ClH/c22-17(13-21-8-4-2-1-3-5-18(21)23)20-10-14-6-7-15-11-19-12-16(15)9-14;/h6-7,9,19H,1-5,8,10-13H2,(H,20,22);1H. The third kappa shape index (κ3) is 4.95. The molecule has 3 rings (SSSR count). The molecule has 0 aromatic heterocycles. The maximum atomic E-state index is 12.1. The molecule has 1 saturated heterocycles. The van der Waals surface area contributed by atoms with Crippen molar-refractivity contribution >= 4 is 24.2 Å². The first kappa shape index (κ1) is 18.7. The highest BCUT2D eigenvalue weighted by molar-refractivity contribution is 5.85. The summed E-state index contributed by atoms with van der Waals surface area (Å²) in [6.45, 7) is 3.24. The number of carbonyl (C=O) groups is 2. The predicted octanol–water partition coefficient (Wildman–Crippen LogP) is 2.12. The van der Waals surface area contributed by atoms with Crippen molar-refractivity contribution in [1.82, 2.24) is 15.5 Å². The van der Waals surface area contributed by atoms with Gasteiger partial charge in [0.1, 0.15) is 0 Å². The summed E-state index contributed by atoms with van der Waals surface area (Å²) < 4.78 is 0. The van der Waals surface area contributed by atoms with Crippen LogP contribution < -0.4 is 10.6 Å². The minimum Gasteiger partial charge on any atom is -0.350 e. The SMILES string of the molecule is Cl.O=C(CN1CCCCCCC1=O)NCc1ccc2c(c1)CNC2. The van der Waals surface area contributed by atoms with Gasteiger partial charge in [0.05, 0.1) is 6.54 Å². The lowest BCUT2D eigenvalue weighted by molar-refractivity contribution is -0.136. The number of likely N-dealkylation sites (tertiary alicyclic amines) is 1. The molecule has 2 heterocycles. The van der Waals surface area contributed by atoms with E-state index in [1.807, 2.05) is 0 Å². The van der Waals surface area contributed by atoms with Gasteiger partial charge < -0.3 is 15.5 Å². The molecule has 24 heavy (non-hydrogen) atoms. The Morgan fingerprint density at radius 1 is 1.12 bits per heavy atom. The Morgan fingerprint density at radius 3 is 2.79 bits per heavy atom. The molecule has 1 aromatic carbocycles. The number of nitrogens with one attached hydrogen (secondary N) is 2. The fraction of sp³-hybridized carbons (Fsp3) is 0.556. The van der Waals surface area contributed by atoms with E-state index in [1.165, 1.54) is 11.1 Å². The van der Waals surface area contributed by atoms with E-state index in [-0.39, 0.29) is 30.8 Å². The highest BCUT2D eigenvalue weighted by Crippen LogP contribution is 2.17. The summed E-state index contributed by atoms with van der Waals surface area (Å²) >= 11 is 0. The smallest absolute Gasteiger partial charge is 0.239 e. The molecular formula is C18H26ClN3O2. The third-order valence-electron chi connectivity index (χ3n) is 4.65. The van der Waals surface area contributed by atoms with Crippen LogP contribution >= 0.6 is 12.4 Å². The van der Waals surface area contributed by atoms with Gasteiger partial charge in [-0.3, -0.25) is 9.59 Å². The maximum Gasteiger partial charge on any atom is 0.239 e. The number of fused-ring (bicyclic) bond motifs is 1. The van der Waals surface area contributed by atoms with Crippen LogP contribution in [0.2, 0.25) is 0 Å². The summed E-state index contributed by atoms with van der Waals surface area (Å²) in [5, 5.41) is 6.26. The Kier molecular flexibility index (Phi) is 7.06. The lowest BCUT2D eigenvalue weighted by atomic mass is 10.1. The quantitative estimate of drug-likeness (QED) is 0.873. The third-order valence-corrected chi connectivity index (χ3v) is 4.65. The molecule has 0 bridgehead atoms. The van der Waals surface area contributed by atoms with Crippen molar-refractivity contribution < 1.29 is 9.59 Å². The number of hydrogen-bond acceptors (Lipinski definition) is 3. The first-order chi connectivity index (χ1) is 11.2. The van der Waals surface area contributed by atoms with E-state index in [2.05, 4.69) is 28.8 Å². The van der Waals surface area contributed by atoms with Crippen LogP contribution in [0.15, 0.2) is 18.2 Å². The van der Waals surface area contributed by atoms with Crippen molar-refractivity contribution in [2.45, 2.75) is 51.7 Å². The minimum atomic E-state index is -0.0717. The first-order valence-electron chi connectivity index (χ1n) is 8.58. The maximum absolute atomic E-state index is 12.1. The largest absolute Gasteiger partial charge is 0.350 e. The summed E-state index contributed by atoms with van der Waals surface area (Å²) in [5.74, 6) is 0.0426. The van der Waals surface area contributed by atoms with Crippen molar-refractivity contribution in [3.63, 3.8) is 0 Å². The van der Waals surface area contributed by atoms with Gasteiger partial charge in [0, 0.05) is 32.6 Å². The van der Waals surface area contributed by atoms with Gasteiger partial charge in [-0.1, -0.05) is 31.0 Å². The van der Waals surface area contributed by atoms with E-state index < -0.39 is 0 Å².